The monoisotopic (exact) mass is 266 g/mol. The van der Waals surface area contributed by atoms with Crippen molar-refractivity contribution >= 4 is 29.7 Å². The maximum atomic E-state index is 9.50. The molecule has 2 N–H and O–H groups in total. The first kappa shape index (κ1) is 13.9. The summed E-state index contributed by atoms with van der Waals surface area (Å²) < 4.78 is 9.50. The number of halogens is 1. The molecule has 0 aliphatic rings. The fourth-order valence-corrected chi connectivity index (χ4v) is 1.99. The van der Waals surface area contributed by atoms with Crippen LogP contribution in [0.2, 0.25) is 0 Å². The van der Waals surface area contributed by atoms with E-state index in [1.165, 1.54) is 21.5 Å². The van der Waals surface area contributed by atoms with E-state index in [-0.39, 0.29) is 0 Å². The van der Waals surface area contributed by atoms with Gasteiger partial charge in [0.1, 0.15) is 0 Å². The van der Waals surface area contributed by atoms with Crippen molar-refractivity contribution in [1.29, 1.82) is 0 Å². The Bertz CT molecular complexity index is 634. The van der Waals surface area contributed by atoms with Gasteiger partial charge in [-0.3, -0.25) is 0 Å². The van der Waals surface area contributed by atoms with Gasteiger partial charge >= 0.3 is 8.12 Å². The molecule has 20 heavy (non-hydrogen) atoms. The smallest absolute Gasteiger partial charge is 0.314 e. The molecule has 0 fully saturated rings. The molecular formula is C16H16BFN2. The van der Waals surface area contributed by atoms with Crippen LogP contribution >= 0.6 is 0 Å². The predicted octanol–water partition coefficient (Wildman–Crippen LogP) is 3.84. The minimum atomic E-state index is 0.500. The third-order valence-electron chi connectivity index (χ3n) is 2.95. The highest BCUT2D eigenvalue weighted by Gasteiger charge is 1.87. The Morgan fingerprint density at radius 1 is 0.550 bits per heavy atom. The number of hydrogen-bond donors (Lipinski definition) is 2. The van der Waals surface area contributed by atoms with Crippen LogP contribution in [0.5, 0.6) is 0 Å². The molecule has 4 heteroatoms. The average molecular weight is 266 g/mol. The van der Waals surface area contributed by atoms with Gasteiger partial charge in [0.05, 0.1) is 0 Å². The number of aromatic nitrogens is 2. The standard InChI is InChI=1S/2C8H7N.BFH2/c2*1-2-4-8-6-9-5-7(8)3-1;1-2/h2*1-6,9H;1H2. The summed E-state index contributed by atoms with van der Waals surface area (Å²) in [6.07, 6.45) is 7.98. The molecule has 0 atom stereocenters. The maximum Gasteiger partial charge on any atom is 0.314 e. The second kappa shape index (κ2) is 7.19. The van der Waals surface area contributed by atoms with Crippen molar-refractivity contribution in [3.63, 3.8) is 0 Å². The molecular weight excluding hydrogens is 250 g/mol. The summed E-state index contributed by atoms with van der Waals surface area (Å²) in [6.45, 7) is 0. The molecule has 0 bridgehead atoms. The fourth-order valence-electron chi connectivity index (χ4n) is 1.99. The first-order valence-electron chi connectivity index (χ1n) is 6.34. The molecule has 2 heterocycles. The molecule has 2 aromatic heterocycles. The second-order valence-corrected chi connectivity index (χ2v) is 4.17. The second-order valence-electron chi connectivity index (χ2n) is 4.17. The topological polar surface area (TPSA) is 31.6 Å². The molecule has 100 valence electrons. The number of rotatable bonds is 0. The molecule has 0 aliphatic heterocycles. The van der Waals surface area contributed by atoms with E-state index in [0.717, 1.165) is 0 Å². The average Bonchev–Trinajstić information content (AvgIpc) is 3.18. The highest BCUT2D eigenvalue weighted by Crippen LogP contribution is 2.11. The van der Waals surface area contributed by atoms with E-state index in [2.05, 4.69) is 34.2 Å². The largest absolute Gasteiger partial charge is 0.366 e. The van der Waals surface area contributed by atoms with Crippen LogP contribution in [0.3, 0.4) is 0 Å². The summed E-state index contributed by atoms with van der Waals surface area (Å²) in [5.41, 5.74) is 0. The summed E-state index contributed by atoms with van der Waals surface area (Å²) in [5.74, 6) is 0. The van der Waals surface area contributed by atoms with Crippen molar-refractivity contribution in [2.24, 2.45) is 0 Å². The molecule has 0 radical (unpaired) electrons. The molecule has 0 unspecified atom stereocenters. The zero-order valence-electron chi connectivity index (χ0n) is 11.3. The lowest BCUT2D eigenvalue weighted by Gasteiger charge is -1.81. The van der Waals surface area contributed by atoms with Gasteiger partial charge in [0, 0.05) is 24.8 Å². The van der Waals surface area contributed by atoms with Crippen LogP contribution in [0.15, 0.2) is 73.3 Å². The summed E-state index contributed by atoms with van der Waals surface area (Å²) in [5, 5.41) is 5.10. The highest BCUT2D eigenvalue weighted by molar-refractivity contribution is 5.96. The maximum absolute atomic E-state index is 9.50. The number of aromatic amines is 2. The van der Waals surface area contributed by atoms with E-state index in [0.29, 0.717) is 8.12 Å². The summed E-state index contributed by atoms with van der Waals surface area (Å²) in [7, 11) is 0.500. The van der Waals surface area contributed by atoms with Crippen LogP contribution in [0.25, 0.3) is 21.5 Å². The van der Waals surface area contributed by atoms with E-state index >= 15 is 0 Å². The Morgan fingerprint density at radius 2 is 0.800 bits per heavy atom. The normalized spacial score (nSPS) is 9.45. The minimum Gasteiger partial charge on any atom is -0.366 e. The van der Waals surface area contributed by atoms with E-state index in [4.69, 9.17) is 0 Å². The van der Waals surface area contributed by atoms with E-state index < -0.39 is 0 Å². The Morgan fingerprint density at radius 3 is 1.05 bits per heavy atom. The fraction of sp³-hybridized carbons (Fsp3) is 0. The van der Waals surface area contributed by atoms with Gasteiger partial charge in [-0.25, -0.2) is 0 Å². The van der Waals surface area contributed by atoms with Gasteiger partial charge in [-0.2, -0.15) is 0 Å². The van der Waals surface area contributed by atoms with Crippen LogP contribution in [0, 0.1) is 0 Å². The van der Waals surface area contributed by atoms with Gasteiger partial charge < -0.3 is 14.3 Å². The van der Waals surface area contributed by atoms with Gasteiger partial charge in [-0.05, 0) is 21.5 Å². The van der Waals surface area contributed by atoms with Crippen LogP contribution in [-0.4, -0.2) is 18.1 Å². The molecule has 4 rings (SSSR count). The number of H-pyrrole nitrogens is 2. The van der Waals surface area contributed by atoms with Crippen molar-refractivity contribution in [1.82, 2.24) is 9.97 Å². The Hall–Kier alpha value is -2.49. The Labute approximate surface area is 118 Å². The number of nitrogens with one attached hydrogen (secondary N) is 2. The summed E-state index contributed by atoms with van der Waals surface area (Å²) in [6, 6.07) is 16.5. The van der Waals surface area contributed by atoms with E-state index in [1.54, 1.807) is 0 Å². The number of fused-ring (bicyclic) bond motifs is 2. The molecule has 2 aromatic carbocycles. The van der Waals surface area contributed by atoms with Crippen molar-refractivity contribution < 1.29 is 4.32 Å². The van der Waals surface area contributed by atoms with Crippen molar-refractivity contribution in [3.05, 3.63) is 73.3 Å². The van der Waals surface area contributed by atoms with E-state index in [9.17, 15) is 4.32 Å². The lowest BCUT2D eigenvalue weighted by atomic mass is 10.2. The number of benzene rings is 2. The molecule has 0 aliphatic carbocycles. The SMILES string of the molecule is BF.c1ccc2c[nH]cc2c1.c1ccc2c[nH]cc2c1. The molecule has 0 spiro atoms. The number of hydrogen-bond acceptors (Lipinski definition) is 0. The first-order valence-corrected chi connectivity index (χ1v) is 6.34. The zero-order valence-corrected chi connectivity index (χ0v) is 11.3. The van der Waals surface area contributed by atoms with Crippen molar-refractivity contribution in [2.75, 3.05) is 0 Å². The van der Waals surface area contributed by atoms with Gasteiger partial charge in [0.25, 0.3) is 0 Å². The molecule has 0 saturated heterocycles. The lowest BCUT2D eigenvalue weighted by Crippen LogP contribution is -1.57. The highest BCUT2D eigenvalue weighted by atomic mass is 19.1. The van der Waals surface area contributed by atoms with Gasteiger partial charge in [0.15, 0.2) is 0 Å². The van der Waals surface area contributed by atoms with Gasteiger partial charge in [-0.15, -0.1) is 0 Å². The Kier molecular flexibility index (Phi) is 5.01. The van der Waals surface area contributed by atoms with Crippen molar-refractivity contribution in [3.8, 4) is 0 Å². The predicted molar refractivity (Wildman–Crippen MR) is 86.2 cm³/mol. The summed E-state index contributed by atoms with van der Waals surface area (Å²) in [4.78, 5) is 6.08. The van der Waals surface area contributed by atoms with Crippen LogP contribution in [-0.2, 0) is 0 Å². The molecule has 0 saturated carbocycles. The third-order valence-corrected chi connectivity index (χ3v) is 2.95. The lowest BCUT2D eigenvalue weighted by molar-refractivity contribution is 0.902. The van der Waals surface area contributed by atoms with E-state index in [1.807, 2.05) is 49.1 Å². The van der Waals surface area contributed by atoms with Crippen LogP contribution in [0.4, 0.5) is 4.32 Å². The van der Waals surface area contributed by atoms with Gasteiger partial charge in [0.2, 0.25) is 0 Å². The van der Waals surface area contributed by atoms with Crippen LogP contribution in [0.1, 0.15) is 0 Å². The van der Waals surface area contributed by atoms with Crippen LogP contribution < -0.4 is 0 Å². The molecule has 4 aromatic rings. The Balaban J connectivity index is 0.000000131. The quantitative estimate of drug-likeness (QED) is 0.453. The minimum absolute atomic E-state index is 0.500. The van der Waals surface area contributed by atoms with Gasteiger partial charge in [-0.1, -0.05) is 48.5 Å². The third kappa shape index (κ3) is 3.29. The first-order chi connectivity index (χ1) is 9.93. The molecule has 0 amide bonds. The van der Waals surface area contributed by atoms with Crippen molar-refractivity contribution in [2.45, 2.75) is 0 Å². The summed E-state index contributed by atoms with van der Waals surface area (Å²) >= 11 is 0. The molecule has 2 nitrogen and oxygen atoms in total. The zero-order chi connectivity index (χ0) is 14.2.